The molecule has 9 heavy (non-hydrogen) atoms. The van der Waals surface area contributed by atoms with Crippen molar-refractivity contribution in [3.63, 3.8) is 0 Å². The van der Waals surface area contributed by atoms with Crippen molar-refractivity contribution in [1.29, 1.82) is 0 Å². The molecule has 0 aliphatic carbocycles. The summed E-state index contributed by atoms with van der Waals surface area (Å²) in [6.07, 6.45) is 1.65. The average Bonchev–Trinajstić information content (AvgIpc) is 1.80. The monoisotopic (exact) mass is 176 g/mol. The van der Waals surface area contributed by atoms with Gasteiger partial charge in [-0.3, -0.25) is 0 Å². The van der Waals surface area contributed by atoms with Crippen LogP contribution in [0.1, 0.15) is 0 Å². The van der Waals surface area contributed by atoms with E-state index in [4.69, 9.17) is 24.4 Å². The third kappa shape index (κ3) is 1.64. The highest BCUT2D eigenvalue weighted by Gasteiger charge is 1.82. The SMILES string of the molecule is S=c1[nH]cc(S)[nH]c1=S. The van der Waals surface area contributed by atoms with Gasteiger partial charge >= 0.3 is 0 Å². The van der Waals surface area contributed by atoms with Gasteiger partial charge in [-0.2, -0.15) is 0 Å². The molecule has 0 aromatic carbocycles. The van der Waals surface area contributed by atoms with E-state index in [1.54, 1.807) is 6.20 Å². The van der Waals surface area contributed by atoms with Crippen LogP contribution in [-0.4, -0.2) is 9.97 Å². The van der Waals surface area contributed by atoms with E-state index in [1.807, 2.05) is 0 Å². The maximum atomic E-state index is 4.80. The topological polar surface area (TPSA) is 31.6 Å². The molecule has 5 heteroatoms. The zero-order valence-corrected chi connectivity index (χ0v) is 6.87. The molecule has 0 atom stereocenters. The maximum Gasteiger partial charge on any atom is 0.139 e. The number of rotatable bonds is 0. The number of hydrogen-bond acceptors (Lipinski definition) is 3. The fraction of sp³-hybridized carbons (Fsp3) is 0. The summed E-state index contributed by atoms with van der Waals surface area (Å²) in [4.78, 5) is 5.55. The molecule has 0 unspecified atom stereocenters. The molecule has 0 spiro atoms. The Bertz CT molecular complexity index is 310. The Kier molecular flexibility index (Phi) is 2.05. The molecule has 0 saturated heterocycles. The molecule has 0 bridgehead atoms. The second-order valence-corrected chi connectivity index (χ2v) is 2.76. The summed E-state index contributed by atoms with van der Waals surface area (Å²) in [5.41, 5.74) is 0. The van der Waals surface area contributed by atoms with E-state index in [2.05, 4.69) is 22.6 Å². The van der Waals surface area contributed by atoms with E-state index in [0.29, 0.717) is 14.3 Å². The summed E-state index contributed by atoms with van der Waals surface area (Å²) in [5, 5.41) is 0.689. The van der Waals surface area contributed by atoms with Gasteiger partial charge in [0.1, 0.15) is 9.28 Å². The second-order valence-electron chi connectivity index (χ2n) is 1.46. The van der Waals surface area contributed by atoms with E-state index >= 15 is 0 Å². The van der Waals surface area contributed by atoms with Crippen LogP contribution < -0.4 is 0 Å². The summed E-state index contributed by atoms with van der Waals surface area (Å²) < 4.78 is 1.07. The van der Waals surface area contributed by atoms with Gasteiger partial charge in [-0.1, -0.05) is 24.4 Å². The highest BCUT2D eigenvalue weighted by atomic mass is 32.1. The number of H-pyrrole nitrogens is 2. The third-order valence-electron chi connectivity index (χ3n) is 0.788. The van der Waals surface area contributed by atoms with Crippen molar-refractivity contribution in [1.82, 2.24) is 9.97 Å². The molecule has 1 heterocycles. The second kappa shape index (κ2) is 2.64. The Hall–Kier alpha value is -0.130. The summed E-state index contributed by atoms with van der Waals surface area (Å²) >= 11 is 13.6. The standard InChI is InChI=1S/C4H4N2S3/c7-2-1-5-3(8)4(9)6-2/h1H,(H,5,8)(H2,6,7,9). The van der Waals surface area contributed by atoms with Gasteiger partial charge in [0.2, 0.25) is 0 Å². The zero-order valence-electron chi connectivity index (χ0n) is 4.34. The molecule has 0 fully saturated rings. The number of thiol groups is 1. The molecule has 0 aliphatic heterocycles. The largest absolute Gasteiger partial charge is 0.348 e. The van der Waals surface area contributed by atoms with Gasteiger partial charge in [0.15, 0.2) is 0 Å². The number of hydrogen-bond donors (Lipinski definition) is 3. The van der Waals surface area contributed by atoms with Gasteiger partial charge in [-0.25, -0.2) is 0 Å². The summed E-state index contributed by atoms with van der Waals surface area (Å²) in [6, 6.07) is 0. The maximum absolute atomic E-state index is 4.80. The van der Waals surface area contributed by atoms with Crippen molar-refractivity contribution in [3.05, 3.63) is 15.5 Å². The zero-order chi connectivity index (χ0) is 6.85. The summed E-state index contributed by atoms with van der Waals surface area (Å²) in [7, 11) is 0. The molecule has 48 valence electrons. The lowest BCUT2D eigenvalue weighted by molar-refractivity contribution is 1.03. The fourth-order valence-corrected chi connectivity index (χ4v) is 0.939. The molecule has 1 aromatic heterocycles. The van der Waals surface area contributed by atoms with Crippen molar-refractivity contribution < 1.29 is 0 Å². The van der Waals surface area contributed by atoms with E-state index < -0.39 is 0 Å². The molecule has 1 aromatic rings. The van der Waals surface area contributed by atoms with Crippen molar-refractivity contribution in [3.8, 4) is 0 Å². The Morgan fingerprint density at radius 1 is 1.33 bits per heavy atom. The number of aromatic amines is 2. The minimum Gasteiger partial charge on any atom is -0.348 e. The highest BCUT2D eigenvalue weighted by molar-refractivity contribution is 7.80. The van der Waals surface area contributed by atoms with Crippen molar-refractivity contribution in [2.75, 3.05) is 0 Å². The first-order valence-corrected chi connectivity index (χ1v) is 3.47. The Balaban J connectivity index is 3.53. The first kappa shape index (κ1) is 6.98. The predicted molar refractivity (Wildman–Crippen MR) is 44.1 cm³/mol. The molecule has 2 N–H and O–H groups in total. The lowest BCUT2D eigenvalue weighted by Crippen LogP contribution is -1.80. The lowest BCUT2D eigenvalue weighted by Gasteiger charge is -1.88. The van der Waals surface area contributed by atoms with Crippen LogP contribution in [0.5, 0.6) is 0 Å². The van der Waals surface area contributed by atoms with E-state index in [1.165, 1.54) is 0 Å². The molecular formula is C4H4N2S3. The highest BCUT2D eigenvalue weighted by Crippen LogP contribution is 1.97. The minimum absolute atomic E-state index is 0.525. The van der Waals surface area contributed by atoms with Crippen molar-refractivity contribution >= 4 is 37.1 Å². The first-order chi connectivity index (χ1) is 4.20. The van der Waals surface area contributed by atoms with Crippen LogP contribution in [0, 0.1) is 9.28 Å². The van der Waals surface area contributed by atoms with Crippen molar-refractivity contribution in [2.24, 2.45) is 0 Å². The van der Waals surface area contributed by atoms with Crippen molar-refractivity contribution in [2.45, 2.75) is 5.03 Å². The lowest BCUT2D eigenvalue weighted by atomic mass is 10.8. The smallest absolute Gasteiger partial charge is 0.139 e. The third-order valence-corrected chi connectivity index (χ3v) is 1.79. The molecule has 0 radical (unpaired) electrons. The Morgan fingerprint density at radius 2 is 2.00 bits per heavy atom. The van der Waals surface area contributed by atoms with Gasteiger partial charge in [-0.15, -0.1) is 12.6 Å². The minimum atomic E-state index is 0.525. The van der Waals surface area contributed by atoms with Crippen LogP contribution in [0.15, 0.2) is 11.2 Å². The number of aromatic nitrogens is 2. The van der Waals surface area contributed by atoms with Crippen LogP contribution in [0.3, 0.4) is 0 Å². The molecule has 1 rings (SSSR count). The molecular weight excluding hydrogens is 172 g/mol. The molecule has 0 saturated carbocycles. The summed E-state index contributed by atoms with van der Waals surface area (Å²) in [6.45, 7) is 0. The normalized spacial score (nSPS) is 9.44. The van der Waals surface area contributed by atoms with Gasteiger partial charge in [0.05, 0.1) is 5.03 Å². The van der Waals surface area contributed by atoms with E-state index in [9.17, 15) is 0 Å². The van der Waals surface area contributed by atoms with Crippen LogP contribution >= 0.6 is 37.1 Å². The van der Waals surface area contributed by atoms with Gasteiger partial charge in [0, 0.05) is 6.20 Å². The van der Waals surface area contributed by atoms with Gasteiger partial charge < -0.3 is 9.97 Å². The van der Waals surface area contributed by atoms with Crippen LogP contribution in [0.2, 0.25) is 0 Å². The van der Waals surface area contributed by atoms with Gasteiger partial charge in [-0.05, 0) is 0 Å². The van der Waals surface area contributed by atoms with Crippen LogP contribution in [0.4, 0.5) is 0 Å². The molecule has 0 aliphatic rings. The van der Waals surface area contributed by atoms with E-state index in [0.717, 1.165) is 0 Å². The van der Waals surface area contributed by atoms with Gasteiger partial charge in [0.25, 0.3) is 0 Å². The Labute approximate surface area is 67.7 Å². The fourth-order valence-electron chi connectivity index (χ4n) is 0.409. The van der Waals surface area contributed by atoms with Crippen LogP contribution in [0.25, 0.3) is 0 Å². The molecule has 2 nitrogen and oxygen atoms in total. The first-order valence-electron chi connectivity index (χ1n) is 2.21. The number of nitrogens with one attached hydrogen (secondary N) is 2. The quantitative estimate of drug-likeness (QED) is 0.418. The van der Waals surface area contributed by atoms with Crippen LogP contribution in [-0.2, 0) is 0 Å². The van der Waals surface area contributed by atoms with E-state index in [-0.39, 0.29) is 0 Å². The molecule has 0 amide bonds. The Morgan fingerprint density at radius 3 is 2.44 bits per heavy atom. The summed E-state index contributed by atoms with van der Waals surface area (Å²) in [5.74, 6) is 0. The average molecular weight is 176 g/mol. The predicted octanol–water partition coefficient (Wildman–Crippen LogP) is 2.09.